The molecule has 0 bridgehead atoms. The summed E-state index contributed by atoms with van der Waals surface area (Å²) in [6, 6.07) is 7.95. The first-order chi connectivity index (χ1) is 14.3. The lowest BCUT2D eigenvalue weighted by molar-refractivity contribution is -0.129. The molecule has 2 aromatic rings. The maximum Gasteiger partial charge on any atom is 0.341 e. The van der Waals surface area contributed by atoms with Crippen LogP contribution < -0.4 is 5.32 Å². The number of thioether (sulfide) groups is 1. The van der Waals surface area contributed by atoms with Gasteiger partial charge >= 0.3 is 5.97 Å². The fourth-order valence-corrected chi connectivity index (χ4v) is 5.50. The molecular weight excluding hydrogens is 420 g/mol. The fraction of sp³-hybridized carbons (Fsp3) is 0.409. The molecule has 0 spiro atoms. The number of rotatable bonds is 6. The third-order valence-corrected chi connectivity index (χ3v) is 6.95. The Bertz CT molecular complexity index is 951. The topological polar surface area (TPSA) is 75.7 Å². The molecular formula is C22H26N2O4S2. The number of thiophene rings is 1. The van der Waals surface area contributed by atoms with Crippen LogP contribution in [0, 0.1) is 0 Å². The minimum Gasteiger partial charge on any atom is -0.465 e. The van der Waals surface area contributed by atoms with Crippen molar-refractivity contribution in [2.24, 2.45) is 0 Å². The highest BCUT2D eigenvalue weighted by Crippen LogP contribution is 2.37. The second-order valence-electron chi connectivity index (χ2n) is 7.43. The zero-order valence-corrected chi connectivity index (χ0v) is 19.2. The Labute approximate surface area is 185 Å². The number of hydrogen-bond donors (Lipinski definition) is 1. The van der Waals surface area contributed by atoms with Crippen LogP contribution in [0.2, 0.25) is 0 Å². The molecule has 1 aromatic heterocycles. The lowest BCUT2D eigenvalue weighted by atomic mass is 10.0. The summed E-state index contributed by atoms with van der Waals surface area (Å²) in [5.41, 5.74) is 2.19. The van der Waals surface area contributed by atoms with Crippen molar-refractivity contribution in [2.45, 2.75) is 50.3 Å². The van der Waals surface area contributed by atoms with Crippen LogP contribution in [-0.4, -0.2) is 41.6 Å². The number of amides is 2. The second-order valence-corrected chi connectivity index (χ2v) is 10.2. The highest BCUT2D eigenvalue weighted by atomic mass is 32.2. The highest BCUT2D eigenvalue weighted by molar-refractivity contribution is 7.99. The van der Waals surface area contributed by atoms with E-state index in [1.165, 1.54) is 30.3 Å². The predicted octanol–water partition coefficient (Wildman–Crippen LogP) is 4.12. The summed E-state index contributed by atoms with van der Waals surface area (Å²) >= 11 is 3.12. The molecule has 1 aliphatic heterocycles. The normalized spacial score (nSPS) is 13.2. The van der Waals surface area contributed by atoms with Crippen molar-refractivity contribution in [3.8, 4) is 0 Å². The average molecular weight is 447 g/mol. The average Bonchev–Trinajstić information content (AvgIpc) is 3.05. The van der Waals surface area contributed by atoms with E-state index in [2.05, 4.69) is 19.2 Å². The standard InChI is InChI=1S/C22H26N2O4S2/c1-13(2)29-16-7-5-15(6-8-16)11-19(26)23-21-20(22(27)28-4)17-9-10-24(14(3)25)12-18(17)30-21/h5-8,13H,9-12H2,1-4H3,(H,23,26). The molecule has 1 aliphatic rings. The maximum absolute atomic E-state index is 12.7. The SMILES string of the molecule is COC(=O)c1c(NC(=O)Cc2ccc(SC(C)C)cc2)sc2c1CCN(C(C)=O)C2. The van der Waals surface area contributed by atoms with Gasteiger partial charge in [0.05, 0.1) is 25.6 Å². The van der Waals surface area contributed by atoms with Gasteiger partial charge in [-0.25, -0.2) is 4.79 Å². The van der Waals surface area contributed by atoms with Crippen molar-refractivity contribution in [3.05, 3.63) is 45.8 Å². The Hall–Kier alpha value is -2.32. The first-order valence-electron chi connectivity index (χ1n) is 9.82. The molecule has 2 heterocycles. The number of fused-ring (bicyclic) bond motifs is 1. The van der Waals surface area contributed by atoms with Crippen LogP contribution >= 0.6 is 23.1 Å². The quantitative estimate of drug-likeness (QED) is 0.534. The van der Waals surface area contributed by atoms with Gasteiger partial charge < -0.3 is 15.0 Å². The van der Waals surface area contributed by atoms with Gasteiger partial charge in [-0.1, -0.05) is 26.0 Å². The molecule has 0 fully saturated rings. The van der Waals surface area contributed by atoms with Gasteiger partial charge in [-0.2, -0.15) is 0 Å². The maximum atomic E-state index is 12.7. The Balaban J connectivity index is 1.76. The van der Waals surface area contributed by atoms with Gasteiger partial charge in [-0.05, 0) is 29.7 Å². The molecule has 0 saturated heterocycles. The van der Waals surface area contributed by atoms with Gasteiger partial charge in [0.15, 0.2) is 0 Å². The highest BCUT2D eigenvalue weighted by Gasteiger charge is 2.30. The largest absolute Gasteiger partial charge is 0.465 e. The van der Waals surface area contributed by atoms with Crippen LogP contribution in [0.15, 0.2) is 29.2 Å². The number of nitrogens with zero attached hydrogens (tertiary/aromatic N) is 1. The van der Waals surface area contributed by atoms with E-state index in [9.17, 15) is 14.4 Å². The number of carbonyl (C=O) groups is 3. The number of benzene rings is 1. The molecule has 3 rings (SSSR count). The zero-order valence-electron chi connectivity index (χ0n) is 17.6. The van der Waals surface area contributed by atoms with Gasteiger partial charge in [0.25, 0.3) is 0 Å². The van der Waals surface area contributed by atoms with E-state index in [0.29, 0.717) is 35.3 Å². The molecule has 8 heteroatoms. The van der Waals surface area contributed by atoms with E-state index < -0.39 is 5.97 Å². The van der Waals surface area contributed by atoms with Gasteiger partial charge in [-0.15, -0.1) is 23.1 Å². The van der Waals surface area contributed by atoms with Crippen molar-refractivity contribution >= 4 is 45.9 Å². The number of anilines is 1. The van der Waals surface area contributed by atoms with Crippen LogP contribution in [0.5, 0.6) is 0 Å². The van der Waals surface area contributed by atoms with Crippen LogP contribution in [0.3, 0.4) is 0 Å². The molecule has 160 valence electrons. The number of ether oxygens (including phenoxy) is 1. The van der Waals surface area contributed by atoms with Crippen molar-refractivity contribution in [3.63, 3.8) is 0 Å². The Morgan fingerprint density at radius 1 is 1.23 bits per heavy atom. The predicted molar refractivity (Wildman–Crippen MR) is 120 cm³/mol. The summed E-state index contributed by atoms with van der Waals surface area (Å²) < 4.78 is 4.95. The first-order valence-corrected chi connectivity index (χ1v) is 11.5. The zero-order chi connectivity index (χ0) is 21.8. The van der Waals surface area contributed by atoms with E-state index in [-0.39, 0.29) is 18.2 Å². The van der Waals surface area contributed by atoms with Crippen LogP contribution in [-0.2, 0) is 33.7 Å². The summed E-state index contributed by atoms with van der Waals surface area (Å²) in [5.74, 6) is -0.654. The third-order valence-electron chi connectivity index (χ3n) is 4.80. The van der Waals surface area contributed by atoms with E-state index in [1.54, 1.807) is 16.7 Å². The number of nitrogens with one attached hydrogen (secondary N) is 1. The second kappa shape index (κ2) is 9.66. The smallest absolute Gasteiger partial charge is 0.341 e. The van der Waals surface area contributed by atoms with Crippen molar-refractivity contribution in [1.29, 1.82) is 0 Å². The monoisotopic (exact) mass is 446 g/mol. The lowest BCUT2D eigenvalue weighted by Gasteiger charge is -2.25. The molecule has 1 aromatic carbocycles. The van der Waals surface area contributed by atoms with E-state index >= 15 is 0 Å². The van der Waals surface area contributed by atoms with E-state index in [0.717, 1.165) is 16.0 Å². The van der Waals surface area contributed by atoms with Crippen molar-refractivity contribution in [2.75, 3.05) is 19.0 Å². The molecule has 0 atom stereocenters. The summed E-state index contributed by atoms with van der Waals surface area (Å²) in [6.45, 7) is 6.82. The summed E-state index contributed by atoms with van der Waals surface area (Å²) in [5, 5.41) is 3.89. The summed E-state index contributed by atoms with van der Waals surface area (Å²) in [6.07, 6.45) is 0.788. The lowest BCUT2D eigenvalue weighted by Crippen LogP contribution is -2.33. The van der Waals surface area contributed by atoms with Gasteiger partial charge in [0, 0.05) is 28.5 Å². The van der Waals surface area contributed by atoms with Gasteiger partial charge in [0.1, 0.15) is 5.00 Å². The summed E-state index contributed by atoms with van der Waals surface area (Å²) in [7, 11) is 1.33. The number of esters is 1. The number of hydrogen-bond acceptors (Lipinski definition) is 6. The number of methoxy groups -OCH3 is 1. The van der Waals surface area contributed by atoms with Gasteiger partial charge in [0.2, 0.25) is 11.8 Å². The Morgan fingerprint density at radius 2 is 1.93 bits per heavy atom. The van der Waals surface area contributed by atoms with Crippen LogP contribution in [0.4, 0.5) is 5.00 Å². The first kappa shape index (κ1) is 22.4. The van der Waals surface area contributed by atoms with Gasteiger partial charge in [-0.3, -0.25) is 9.59 Å². The van der Waals surface area contributed by atoms with Crippen LogP contribution in [0.25, 0.3) is 0 Å². The van der Waals surface area contributed by atoms with Crippen molar-refractivity contribution in [1.82, 2.24) is 4.90 Å². The molecule has 0 unspecified atom stereocenters. The molecule has 0 aliphatic carbocycles. The van der Waals surface area contributed by atoms with Crippen LogP contribution in [0.1, 0.15) is 47.1 Å². The van der Waals surface area contributed by atoms with Crippen molar-refractivity contribution < 1.29 is 19.1 Å². The third kappa shape index (κ3) is 5.23. The molecule has 0 radical (unpaired) electrons. The minimum absolute atomic E-state index is 0.00155. The minimum atomic E-state index is -0.464. The van der Waals surface area contributed by atoms with E-state index in [1.807, 2.05) is 24.3 Å². The molecule has 30 heavy (non-hydrogen) atoms. The Morgan fingerprint density at radius 3 is 2.53 bits per heavy atom. The number of carbonyl (C=O) groups excluding carboxylic acids is 3. The molecule has 6 nitrogen and oxygen atoms in total. The fourth-order valence-electron chi connectivity index (χ4n) is 3.39. The summed E-state index contributed by atoms with van der Waals surface area (Å²) in [4.78, 5) is 40.6. The molecule has 1 N–H and O–H groups in total. The molecule has 0 saturated carbocycles. The van der Waals surface area contributed by atoms with E-state index in [4.69, 9.17) is 4.74 Å². The Kier molecular flexibility index (Phi) is 7.20. The molecule has 2 amide bonds.